The molecular weight excluding hydrogens is 407 g/mol. The summed E-state index contributed by atoms with van der Waals surface area (Å²) in [5, 5.41) is 4.33. The van der Waals surface area contributed by atoms with Gasteiger partial charge in [0.2, 0.25) is 5.91 Å². The number of amides is 1. The average molecular weight is 443 g/mol. The predicted molar refractivity (Wildman–Crippen MR) is 126 cm³/mol. The summed E-state index contributed by atoms with van der Waals surface area (Å²) in [5.74, 6) is 0.973. The van der Waals surface area contributed by atoms with E-state index in [1.807, 2.05) is 11.1 Å². The summed E-state index contributed by atoms with van der Waals surface area (Å²) >= 11 is 0. The molecule has 2 N–H and O–H groups in total. The van der Waals surface area contributed by atoms with E-state index in [0.717, 1.165) is 87.5 Å². The van der Waals surface area contributed by atoms with E-state index in [1.165, 1.54) is 12.5 Å². The molecular formula is C24H35FN6O. The molecule has 3 heterocycles. The fourth-order valence-electron chi connectivity index (χ4n) is 4.62. The van der Waals surface area contributed by atoms with Gasteiger partial charge >= 0.3 is 0 Å². The summed E-state index contributed by atoms with van der Waals surface area (Å²) in [6.45, 7) is 9.33. The van der Waals surface area contributed by atoms with Gasteiger partial charge in [0.1, 0.15) is 5.82 Å². The molecule has 32 heavy (non-hydrogen) atoms. The molecule has 0 saturated carbocycles. The number of piperazine rings is 1. The molecule has 4 rings (SSSR count). The van der Waals surface area contributed by atoms with Gasteiger partial charge in [0.25, 0.3) is 0 Å². The number of nitrogens with zero attached hydrogens (tertiary/aromatic N) is 4. The first kappa shape index (κ1) is 22.6. The van der Waals surface area contributed by atoms with E-state index in [4.69, 9.17) is 4.99 Å². The lowest BCUT2D eigenvalue weighted by atomic mass is 10.1. The molecule has 174 valence electrons. The minimum atomic E-state index is -0.216. The number of aromatic nitrogens is 1. The third kappa shape index (κ3) is 5.59. The lowest BCUT2D eigenvalue weighted by Gasteiger charge is -2.37. The number of H-pyrrole nitrogens is 1. The van der Waals surface area contributed by atoms with Gasteiger partial charge in [-0.2, -0.15) is 0 Å². The standard InChI is InChI=1S/C24H35FN6O/c1-2-26-24(27-9-8-19-17-28-22-7-6-20(25)16-21(19)22)31-14-12-29(13-15-31)18-23(32)30-10-4-3-5-11-30/h6-7,16-17,28H,2-5,8-15,18H2,1H3,(H,26,27). The molecule has 1 amide bonds. The predicted octanol–water partition coefficient (Wildman–Crippen LogP) is 2.45. The topological polar surface area (TPSA) is 67.0 Å². The Morgan fingerprint density at radius 3 is 2.62 bits per heavy atom. The van der Waals surface area contributed by atoms with Crippen molar-refractivity contribution in [3.8, 4) is 0 Å². The van der Waals surface area contributed by atoms with Crippen LogP contribution in [0.15, 0.2) is 29.4 Å². The molecule has 2 saturated heterocycles. The third-order valence-corrected chi connectivity index (χ3v) is 6.45. The summed E-state index contributed by atoms with van der Waals surface area (Å²) in [5.41, 5.74) is 2.03. The van der Waals surface area contributed by atoms with Gasteiger partial charge in [0.15, 0.2) is 5.96 Å². The first-order chi connectivity index (χ1) is 15.6. The minimum Gasteiger partial charge on any atom is -0.361 e. The van der Waals surface area contributed by atoms with Crippen LogP contribution >= 0.6 is 0 Å². The minimum absolute atomic E-state index is 0.216. The summed E-state index contributed by atoms with van der Waals surface area (Å²) in [7, 11) is 0. The number of nitrogens with one attached hydrogen (secondary N) is 2. The van der Waals surface area contributed by atoms with Crippen LogP contribution in [-0.2, 0) is 11.2 Å². The number of guanidine groups is 1. The highest BCUT2D eigenvalue weighted by Gasteiger charge is 2.24. The SMILES string of the molecule is CCNC(=NCCc1c[nH]c2ccc(F)cc12)N1CCN(CC(=O)N2CCCCC2)CC1. The molecule has 0 atom stereocenters. The number of carbonyl (C=O) groups excluding carboxylic acids is 1. The lowest BCUT2D eigenvalue weighted by molar-refractivity contribution is -0.133. The molecule has 0 bridgehead atoms. The number of fused-ring (bicyclic) bond motifs is 1. The van der Waals surface area contributed by atoms with Crippen molar-refractivity contribution in [2.24, 2.45) is 4.99 Å². The molecule has 8 heteroatoms. The highest BCUT2D eigenvalue weighted by atomic mass is 19.1. The van der Waals surface area contributed by atoms with Crippen molar-refractivity contribution in [2.45, 2.75) is 32.6 Å². The van der Waals surface area contributed by atoms with E-state index in [9.17, 15) is 9.18 Å². The van der Waals surface area contributed by atoms with Crippen LogP contribution in [0.1, 0.15) is 31.7 Å². The van der Waals surface area contributed by atoms with Gasteiger partial charge in [-0.15, -0.1) is 0 Å². The first-order valence-electron chi connectivity index (χ1n) is 11.9. The van der Waals surface area contributed by atoms with Gasteiger partial charge in [0, 0.05) is 69.5 Å². The average Bonchev–Trinajstić information content (AvgIpc) is 3.21. The van der Waals surface area contributed by atoms with Crippen LogP contribution in [0.3, 0.4) is 0 Å². The van der Waals surface area contributed by atoms with E-state index in [-0.39, 0.29) is 11.7 Å². The maximum Gasteiger partial charge on any atom is 0.236 e. The van der Waals surface area contributed by atoms with Crippen molar-refractivity contribution in [1.82, 2.24) is 25.0 Å². The first-order valence-corrected chi connectivity index (χ1v) is 11.9. The van der Waals surface area contributed by atoms with E-state index in [0.29, 0.717) is 13.1 Å². The van der Waals surface area contributed by atoms with Crippen LogP contribution in [0.4, 0.5) is 4.39 Å². The van der Waals surface area contributed by atoms with Gasteiger partial charge < -0.3 is 20.1 Å². The monoisotopic (exact) mass is 442 g/mol. The van der Waals surface area contributed by atoms with Gasteiger partial charge in [0.05, 0.1) is 6.54 Å². The van der Waals surface area contributed by atoms with Crippen molar-refractivity contribution < 1.29 is 9.18 Å². The Morgan fingerprint density at radius 1 is 1.09 bits per heavy atom. The van der Waals surface area contributed by atoms with Crippen LogP contribution < -0.4 is 5.32 Å². The number of rotatable bonds is 6. The highest BCUT2D eigenvalue weighted by molar-refractivity contribution is 5.83. The van der Waals surface area contributed by atoms with Crippen LogP contribution in [0.2, 0.25) is 0 Å². The van der Waals surface area contributed by atoms with Crippen molar-refractivity contribution >= 4 is 22.8 Å². The quantitative estimate of drug-likeness (QED) is 0.533. The summed E-state index contributed by atoms with van der Waals surface area (Å²) in [6, 6.07) is 4.83. The Balaban J connectivity index is 1.29. The molecule has 2 aromatic rings. The summed E-state index contributed by atoms with van der Waals surface area (Å²) in [6.07, 6.45) is 6.21. The molecule has 2 aliphatic heterocycles. The zero-order chi connectivity index (χ0) is 22.3. The highest BCUT2D eigenvalue weighted by Crippen LogP contribution is 2.20. The van der Waals surface area contributed by atoms with E-state index in [1.54, 1.807) is 12.1 Å². The Hall–Kier alpha value is -2.61. The van der Waals surface area contributed by atoms with E-state index < -0.39 is 0 Å². The van der Waals surface area contributed by atoms with Crippen LogP contribution in [0.5, 0.6) is 0 Å². The number of hydrogen-bond donors (Lipinski definition) is 2. The molecule has 0 unspecified atom stereocenters. The third-order valence-electron chi connectivity index (χ3n) is 6.45. The maximum atomic E-state index is 13.6. The zero-order valence-electron chi connectivity index (χ0n) is 19.1. The van der Waals surface area contributed by atoms with Crippen molar-refractivity contribution in [2.75, 3.05) is 58.9 Å². The number of hydrogen-bond acceptors (Lipinski definition) is 3. The van der Waals surface area contributed by atoms with Gasteiger partial charge in [-0.3, -0.25) is 14.7 Å². The molecule has 0 radical (unpaired) electrons. The molecule has 7 nitrogen and oxygen atoms in total. The number of aliphatic imine (C=N–C) groups is 1. The van der Waals surface area contributed by atoms with Crippen molar-refractivity contribution in [1.29, 1.82) is 0 Å². The van der Waals surface area contributed by atoms with E-state index in [2.05, 4.69) is 27.0 Å². The molecule has 1 aromatic carbocycles. The van der Waals surface area contributed by atoms with E-state index >= 15 is 0 Å². The molecule has 1 aromatic heterocycles. The van der Waals surface area contributed by atoms with Crippen molar-refractivity contribution in [3.05, 3.63) is 35.8 Å². The molecule has 2 aliphatic rings. The summed E-state index contributed by atoms with van der Waals surface area (Å²) < 4.78 is 13.6. The van der Waals surface area contributed by atoms with Crippen molar-refractivity contribution in [3.63, 3.8) is 0 Å². The maximum absolute atomic E-state index is 13.6. The number of carbonyl (C=O) groups is 1. The smallest absolute Gasteiger partial charge is 0.236 e. The molecule has 0 spiro atoms. The second-order valence-corrected chi connectivity index (χ2v) is 8.69. The van der Waals surface area contributed by atoms with Crippen LogP contribution in [0, 0.1) is 5.82 Å². The number of benzene rings is 1. The van der Waals surface area contributed by atoms with Crippen LogP contribution in [-0.4, -0.2) is 90.5 Å². The molecule has 0 aliphatic carbocycles. The second-order valence-electron chi connectivity index (χ2n) is 8.69. The Bertz CT molecular complexity index is 928. The number of aromatic amines is 1. The Morgan fingerprint density at radius 2 is 1.88 bits per heavy atom. The van der Waals surface area contributed by atoms with Crippen LogP contribution in [0.25, 0.3) is 10.9 Å². The normalized spacial score (nSPS) is 18.4. The Kier molecular flexibility index (Phi) is 7.63. The molecule has 2 fully saturated rings. The lowest BCUT2D eigenvalue weighted by Crippen LogP contribution is -2.54. The fourth-order valence-corrected chi connectivity index (χ4v) is 4.62. The zero-order valence-corrected chi connectivity index (χ0v) is 19.1. The Labute approximate surface area is 189 Å². The summed E-state index contributed by atoms with van der Waals surface area (Å²) in [4.78, 5) is 27.2. The largest absolute Gasteiger partial charge is 0.361 e. The number of halogens is 1. The van der Waals surface area contributed by atoms with Gasteiger partial charge in [-0.1, -0.05) is 0 Å². The van der Waals surface area contributed by atoms with Gasteiger partial charge in [-0.25, -0.2) is 4.39 Å². The number of likely N-dealkylation sites (tertiary alicyclic amines) is 1. The fraction of sp³-hybridized carbons (Fsp3) is 0.583. The van der Waals surface area contributed by atoms with Gasteiger partial charge in [-0.05, 0) is 56.4 Å². The number of piperidine rings is 1. The second kappa shape index (κ2) is 10.8.